The van der Waals surface area contributed by atoms with Gasteiger partial charge < -0.3 is 0 Å². The molecule has 0 aliphatic heterocycles. The van der Waals surface area contributed by atoms with Crippen LogP contribution in [0.15, 0.2) is 24.3 Å². The highest BCUT2D eigenvalue weighted by Gasteiger charge is 2.30. The minimum Gasteiger partial charge on any atom is -0.299 e. The van der Waals surface area contributed by atoms with Crippen LogP contribution in [0, 0.1) is 0 Å². The molecular formula is C11H10ClF3O. The number of carbonyl (C=O) groups is 1. The van der Waals surface area contributed by atoms with Crippen molar-refractivity contribution in [1.82, 2.24) is 0 Å². The standard InChI is InChI=1S/C11H10ClF3O/c12-9-4-1-8(2-5-9)3-6-10(16)7-11(13,14)15/h1-2,4-5H,3,6-7H2. The molecule has 0 bridgehead atoms. The highest BCUT2D eigenvalue weighted by Crippen LogP contribution is 2.21. The Kier molecular flexibility index (Phi) is 4.35. The van der Waals surface area contributed by atoms with E-state index in [2.05, 4.69) is 0 Å². The molecule has 88 valence electrons. The lowest BCUT2D eigenvalue weighted by molar-refractivity contribution is -0.152. The van der Waals surface area contributed by atoms with E-state index in [1.165, 1.54) is 0 Å². The van der Waals surface area contributed by atoms with Gasteiger partial charge in [-0.2, -0.15) is 13.2 Å². The molecule has 16 heavy (non-hydrogen) atoms. The number of halogens is 4. The summed E-state index contributed by atoms with van der Waals surface area (Å²) in [5.74, 6) is -0.789. The van der Waals surface area contributed by atoms with Crippen LogP contribution in [-0.4, -0.2) is 12.0 Å². The van der Waals surface area contributed by atoms with E-state index in [0.29, 0.717) is 11.4 Å². The van der Waals surface area contributed by atoms with Crippen LogP contribution in [-0.2, 0) is 11.2 Å². The van der Waals surface area contributed by atoms with Crippen LogP contribution in [0.25, 0.3) is 0 Å². The van der Waals surface area contributed by atoms with Gasteiger partial charge in [0.05, 0.1) is 0 Å². The van der Waals surface area contributed by atoms with Gasteiger partial charge in [0.1, 0.15) is 12.2 Å². The number of rotatable bonds is 4. The zero-order valence-corrected chi connectivity index (χ0v) is 9.11. The smallest absolute Gasteiger partial charge is 0.299 e. The first-order chi connectivity index (χ1) is 7.37. The van der Waals surface area contributed by atoms with Gasteiger partial charge in [0, 0.05) is 11.4 Å². The maximum atomic E-state index is 11.8. The van der Waals surface area contributed by atoms with Crippen molar-refractivity contribution in [1.29, 1.82) is 0 Å². The Labute approximate surface area is 96.2 Å². The second-order valence-electron chi connectivity index (χ2n) is 3.46. The molecule has 0 aromatic heterocycles. The first-order valence-corrected chi connectivity index (χ1v) is 5.07. The van der Waals surface area contributed by atoms with E-state index in [-0.39, 0.29) is 6.42 Å². The molecule has 1 rings (SSSR count). The summed E-state index contributed by atoms with van der Waals surface area (Å²) < 4.78 is 35.5. The van der Waals surface area contributed by atoms with Crippen molar-refractivity contribution in [3.8, 4) is 0 Å². The molecule has 1 aromatic carbocycles. The number of Topliss-reactive ketones (excluding diaryl/α,β-unsaturated/α-hetero) is 1. The molecule has 0 atom stereocenters. The molecule has 0 aliphatic carbocycles. The van der Waals surface area contributed by atoms with Crippen molar-refractivity contribution in [3.63, 3.8) is 0 Å². The first-order valence-electron chi connectivity index (χ1n) is 4.70. The Bertz CT molecular complexity index is 356. The summed E-state index contributed by atoms with van der Waals surface area (Å²) in [5, 5.41) is 0.561. The van der Waals surface area contributed by atoms with Gasteiger partial charge in [-0.25, -0.2) is 0 Å². The maximum absolute atomic E-state index is 11.8. The van der Waals surface area contributed by atoms with E-state index in [0.717, 1.165) is 5.56 Å². The first kappa shape index (κ1) is 13.0. The predicted octanol–water partition coefficient (Wildman–Crippen LogP) is 3.79. The zero-order valence-electron chi connectivity index (χ0n) is 8.35. The SMILES string of the molecule is O=C(CCc1ccc(Cl)cc1)CC(F)(F)F. The van der Waals surface area contributed by atoms with Crippen molar-refractivity contribution < 1.29 is 18.0 Å². The third-order valence-electron chi connectivity index (χ3n) is 2.00. The Morgan fingerprint density at radius 3 is 2.25 bits per heavy atom. The fraction of sp³-hybridized carbons (Fsp3) is 0.364. The largest absolute Gasteiger partial charge is 0.395 e. The topological polar surface area (TPSA) is 17.1 Å². The summed E-state index contributed by atoms with van der Waals surface area (Å²) in [6.07, 6.45) is -5.54. The van der Waals surface area contributed by atoms with E-state index >= 15 is 0 Å². The summed E-state index contributed by atoms with van der Waals surface area (Å²) in [6.45, 7) is 0. The van der Waals surface area contributed by atoms with Crippen LogP contribution >= 0.6 is 11.6 Å². The van der Waals surface area contributed by atoms with Gasteiger partial charge in [0.25, 0.3) is 0 Å². The van der Waals surface area contributed by atoms with E-state index in [4.69, 9.17) is 11.6 Å². The summed E-state index contributed by atoms with van der Waals surface area (Å²) >= 11 is 5.65. The molecule has 0 aliphatic rings. The summed E-state index contributed by atoms with van der Waals surface area (Å²) in [4.78, 5) is 11.0. The highest BCUT2D eigenvalue weighted by atomic mass is 35.5. The van der Waals surface area contributed by atoms with Crippen LogP contribution in [0.3, 0.4) is 0 Å². The molecule has 0 heterocycles. The van der Waals surface area contributed by atoms with Crippen molar-refractivity contribution in [2.24, 2.45) is 0 Å². The van der Waals surface area contributed by atoms with E-state index in [1.807, 2.05) is 0 Å². The Morgan fingerprint density at radius 1 is 1.19 bits per heavy atom. The van der Waals surface area contributed by atoms with E-state index < -0.39 is 18.4 Å². The number of hydrogen-bond donors (Lipinski definition) is 0. The number of ketones is 1. The lowest BCUT2D eigenvalue weighted by atomic mass is 10.1. The van der Waals surface area contributed by atoms with Crippen LogP contribution < -0.4 is 0 Å². The Morgan fingerprint density at radius 2 is 1.75 bits per heavy atom. The molecular weight excluding hydrogens is 241 g/mol. The number of aryl methyl sites for hydroxylation is 1. The average molecular weight is 251 g/mol. The summed E-state index contributed by atoms with van der Waals surface area (Å²) in [5.41, 5.74) is 0.805. The molecule has 1 aromatic rings. The number of alkyl halides is 3. The number of hydrogen-bond acceptors (Lipinski definition) is 1. The van der Waals surface area contributed by atoms with E-state index in [9.17, 15) is 18.0 Å². The summed E-state index contributed by atoms with van der Waals surface area (Å²) in [7, 11) is 0. The number of carbonyl (C=O) groups excluding carboxylic acids is 1. The fourth-order valence-electron chi connectivity index (χ4n) is 1.25. The van der Waals surface area contributed by atoms with E-state index in [1.54, 1.807) is 24.3 Å². The molecule has 0 saturated heterocycles. The van der Waals surface area contributed by atoms with Gasteiger partial charge in [-0.05, 0) is 24.1 Å². The number of benzene rings is 1. The molecule has 0 spiro atoms. The van der Waals surface area contributed by atoms with Crippen LogP contribution in [0.4, 0.5) is 13.2 Å². The van der Waals surface area contributed by atoms with Crippen molar-refractivity contribution >= 4 is 17.4 Å². The lowest BCUT2D eigenvalue weighted by Crippen LogP contribution is -2.15. The fourth-order valence-corrected chi connectivity index (χ4v) is 1.37. The van der Waals surface area contributed by atoms with Gasteiger partial charge in [0.2, 0.25) is 0 Å². The van der Waals surface area contributed by atoms with Crippen molar-refractivity contribution in [3.05, 3.63) is 34.9 Å². The lowest BCUT2D eigenvalue weighted by Gasteiger charge is -2.05. The highest BCUT2D eigenvalue weighted by molar-refractivity contribution is 6.30. The predicted molar refractivity (Wildman–Crippen MR) is 55.5 cm³/mol. The minimum absolute atomic E-state index is 0.0961. The minimum atomic E-state index is -4.41. The molecule has 0 N–H and O–H groups in total. The normalized spacial score (nSPS) is 11.5. The molecule has 0 radical (unpaired) electrons. The van der Waals surface area contributed by atoms with Crippen LogP contribution in [0.5, 0.6) is 0 Å². The molecule has 0 amide bonds. The monoisotopic (exact) mass is 250 g/mol. The van der Waals surface area contributed by atoms with Gasteiger partial charge >= 0.3 is 6.18 Å². The third-order valence-corrected chi connectivity index (χ3v) is 2.26. The zero-order chi connectivity index (χ0) is 12.2. The molecule has 0 saturated carbocycles. The van der Waals surface area contributed by atoms with Crippen molar-refractivity contribution in [2.75, 3.05) is 0 Å². The van der Waals surface area contributed by atoms with Gasteiger partial charge in [0.15, 0.2) is 0 Å². The van der Waals surface area contributed by atoms with Gasteiger partial charge in [-0.3, -0.25) is 4.79 Å². The van der Waals surface area contributed by atoms with Crippen molar-refractivity contribution in [2.45, 2.75) is 25.4 Å². The van der Waals surface area contributed by atoms with Crippen LogP contribution in [0.1, 0.15) is 18.4 Å². The maximum Gasteiger partial charge on any atom is 0.395 e. The third kappa shape index (κ3) is 5.16. The quantitative estimate of drug-likeness (QED) is 0.795. The summed E-state index contributed by atoms with van der Waals surface area (Å²) in [6, 6.07) is 6.68. The molecule has 0 unspecified atom stereocenters. The molecule has 0 fully saturated rings. The Hall–Kier alpha value is -1.03. The second kappa shape index (κ2) is 5.34. The van der Waals surface area contributed by atoms with Gasteiger partial charge in [-0.15, -0.1) is 0 Å². The second-order valence-corrected chi connectivity index (χ2v) is 3.89. The van der Waals surface area contributed by atoms with Crippen LogP contribution in [0.2, 0.25) is 5.02 Å². The average Bonchev–Trinajstić information content (AvgIpc) is 2.14. The molecule has 1 nitrogen and oxygen atoms in total. The van der Waals surface area contributed by atoms with Gasteiger partial charge in [-0.1, -0.05) is 23.7 Å². The Balaban J connectivity index is 2.40. The molecule has 5 heteroatoms.